The van der Waals surface area contributed by atoms with E-state index >= 15 is 0 Å². The van der Waals surface area contributed by atoms with Crippen molar-refractivity contribution in [2.24, 2.45) is 10.9 Å². The van der Waals surface area contributed by atoms with Crippen LogP contribution in [0.5, 0.6) is 0 Å². The van der Waals surface area contributed by atoms with Gasteiger partial charge in [0, 0.05) is 18.9 Å². The van der Waals surface area contributed by atoms with Crippen LogP contribution in [0.2, 0.25) is 0 Å². The van der Waals surface area contributed by atoms with Gasteiger partial charge < -0.3 is 16.3 Å². The number of para-hydroxylation sites is 1. The number of aromatic nitrogens is 2. The Bertz CT molecular complexity index is 521. The van der Waals surface area contributed by atoms with Crippen LogP contribution >= 0.6 is 0 Å². The zero-order chi connectivity index (χ0) is 12.8. The van der Waals surface area contributed by atoms with Crippen molar-refractivity contribution in [3.8, 4) is 5.69 Å². The maximum absolute atomic E-state index is 8.45. The fraction of sp³-hybridized carbons (Fsp3) is 0.167. The molecule has 1 aromatic carbocycles. The molecular weight excluding hydrogens is 230 g/mol. The Morgan fingerprint density at radius 3 is 2.94 bits per heavy atom. The van der Waals surface area contributed by atoms with Crippen LogP contribution in [0.4, 0.5) is 0 Å². The van der Waals surface area contributed by atoms with E-state index < -0.39 is 0 Å². The van der Waals surface area contributed by atoms with Gasteiger partial charge in [-0.05, 0) is 17.7 Å². The monoisotopic (exact) mass is 245 g/mol. The molecule has 1 heterocycles. The lowest BCUT2D eigenvalue weighted by atomic mass is 10.2. The number of nitrogens with one attached hydrogen (secondary N) is 1. The highest BCUT2D eigenvalue weighted by atomic mass is 16.4. The molecule has 2 aromatic rings. The van der Waals surface area contributed by atoms with Crippen molar-refractivity contribution in [1.29, 1.82) is 0 Å². The van der Waals surface area contributed by atoms with Crippen LogP contribution in [0, 0.1) is 0 Å². The summed E-state index contributed by atoms with van der Waals surface area (Å²) in [6.45, 7) is 0.955. The normalized spacial score (nSPS) is 11.7. The second-order valence-corrected chi connectivity index (χ2v) is 3.77. The molecule has 0 aliphatic heterocycles. The van der Waals surface area contributed by atoms with Crippen LogP contribution in [0.1, 0.15) is 5.56 Å². The lowest BCUT2D eigenvalue weighted by molar-refractivity contribution is 0.317. The van der Waals surface area contributed by atoms with E-state index in [0.717, 1.165) is 11.3 Å². The Labute approximate surface area is 105 Å². The summed E-state index contributed by atoms with van der Waals surface area (Å²) in [5.41, 5.74) is 7.49. The van der Waals surface area contributed by atoms with Crippen LogP contribution in [0.15, 0.2) is 47.9 Å². The third kappa shape index (κ3) is 2.86. The van der Waals surface area contributed by atoms with E-state index in [1.807, 2.05) is 36.5 Å². The lowest BCUT2D eigenvalue weighted by Crippen LogP contribution is -2.28. The fourth-order valence-electron chi connectivity index (χ4n) is 1.66. The van der Waals surface area contributed by atoms with Gasteiger partial charge in [-0.1, -0.05) is 23.4 Å². The second-order valence-electron chi connectivity index (χ2n) is 3.77. The van der Waals surface area contributed by atoms with Crippen LogP contribution in [0.25, 0.3) is 5.69 Å². The molecule has 6 heteroatoms. The topological polar surface area (TPSA) is 88.5 Å². The SMILES string of the molecule is NC(CNCc1ccccc1-n1cccn1)=NO. The number of nitrogens with two attached hydrogens (primary N) is 1. The minimum absolute atomic E-state index is 0.159. The summed E-state index contributed by atoms with van der Waals surface area (Å²) in [5, 5.41) is 18.7. The lowest BCUT2D eigenvalue weighted by Gasteiger charge is -2.10. The van der Waals surface area contributed by atoms with Crippen molar-refractivity contribution in [3.63, 3.8) is 0 Å². The molecule has 2 rings (SSSR count). The summed E-state index contributed by atoms with van der Waals surface area (Å²) in [6, 6.07) is 9.81. The molecule has 18 heavy (non-hydrogen) atoms. The first-order valence-corrected chi connectivity index (χ1v) is 5.56. The molecule has 6 nitrogen and oxygen atoms in total. The Morgan fingerprint density at radius 1 is 1.39 bits per heavy atom. The van der Waals surface area contributed by atoms with Crippen molar-refractivity contribution in [3.05, 3.63) is 48.3 Å². The standard InChI is InChI=1S/C12H15N5O/c13-12(16-18)9-14-8-10-4-1-2-5-11(10)17-7-3-6-15-17/h1-7,14,18H,8-9H2,(H2,13,16). The molecule has 0 spiro atoms. The maximum atomic E-state index is 8.45. The first-order chi connectivity index (χ1) is 8.81. The molecule has 0 amide bonds. The first-order valence-electron chi connectivity index (χ1n) is 5.56. The number of nitrogens with zero attached hydrogens (tertiary/aromatic N) is 3. The first kappa shape index (κ1) is 12.1. The van der Waals surface area contributed by atoms with E-state index in [-0.39, 0.29) is 5.84 Å². The van der Waals surface area contributed by atoms with E-state index in [2.05, 4.69) is 15.6 Å². The van der Waals surface area contributed by atoms with Gasteiger partial charge in [-0.2, -0.15) is 5.10 Å². The minimum atomic E-state index is 0.159. The predicted molar refractivity (Wildman–Crippen MR) is 68.7 cm³/mol. The van der Waals surface area contributed by atoms with Gasteiger partial charge in [0.2, 0.25) is 0 Å². The predicted octanol–water partition coefficient (Wildman–Crippen LogP) is 0.708. The number of amidine groups is 1. The third-order valence-electron chi connectivity index (χ3n) is 2.49. The van der Waals surface area contributed by atoms with Gasteiger partial charge in [-0.3, -0.25) is 0 Å². The molecular formula is C12H15N5O. The van der Waals surface area contributed by atoms with Gasteiger partial charge in [0.1, 0.15) is 0 Å². The zero-order valence-electron chi connectivity index (χ0n) is 9.82. The van der Waals surface area contributed by atoms with Crippen molar-refractivity contribution in [2.75, 3.05) is 6.54 Å². The second kappa shape index (κ2) is 5.83. The number of rotatable bonds is 5. The summed E-state index contributed by atoms with van der Waals surface area (Å²) in [5.74, 6) is 0.159. The Morgan fingerprint density at radius 2 is 2.22 bits per heavy atom. The number of hydrogen-bond acceptors (Lipinski definition) is 4. The minimum Gasteiger partial charge on any atom is -0.409 e. The average molecular weight is 245 g/mol. The summed E-state index contributed by atoms with van der Waals surface area (Å²) in [4.78, 5) is 0. The van der Waals surface area contributed by atoms with Gasteiger partial charge in [0.25, 0.3) is 0 Å². The molecule has 0 saturated carbocycles. The van der Waals surface area contributed by atoms with E-state index in [9.17, 15) is 0 Å². The molecule has 1 aromatic heterocycles. The number of benzene rings is 1. The molecule has 4 N–H and O–H groups in total. The van der Waals surface area contributed by atoms with Crippen molar-refractivity contribution >= 4 is 5.84 Å². The smallest absolute Gasteiger partial charge is 0.153 e. The molecule has 0 aliphatic carbocycles. The van der Waals surface area contributed by atoms with E-state index in [1.165, 1.54) is 0 Å². The summed E-state index contributed by atoms with van der Waals surface area (Å²) in [7, 11) is 0. The van der Waals surface area contributed by atoms with Gasteiger partial charge in [0.15, 0.2) is 5.84 Å². The molecule has 0 radical (unpaired) electrons. The zero-order valence-corrected chi connectivity index (χ0v) is 9.82. The van der Waals surface area contributed by atoms with E-state index in [1.54, 1.807) is 10.9 Å². The Balaban J connectivity index is 2.09. The van der Waals surface area contributed by atoms with E-state index in [0.29, 0.717) is 13.1 Å². The summed E-state index contributed by atoms with van der Waals surface area (Å²) in [6.07, 6.45) is 3.63. The highest BCUT2D eigenvalue weighted by Crippen LogP contribution is 2.12. The van der Waals surface area contributed by atoms with Gasteiger partial charge in [-0.25, -0.2) is 4.68 Å². The van der Waals surface area contributed by atoms with Crippen LogP contribution in [-0.2, 0) is 6.54 Å². The maximum Gasteiger partial charge on any atom is 0.153 e. The van der Waals surface area contributed by atoms with Gasteiger partial charge >= 0.3 is 0 Å². The Hall–Kier alpha value is -2.34. The van der Waals surface area contributed by atoms with Gasteiger partial charge in [-0.15, -0.1) is 0 Å². The van der Waals surface area contributed by atoms with Crippen molar-refractivity contribution in [2.45, 2.75) is 6.54 Å². The quantitative estimate of drug-likeness (QED) is 0.313. The van der Waals surface area contributed by atoms with Gasteiger partial charge in [0.05, 0.1) is 12.2 Å². The van der Waals surface area contributed by atoms with E-state index in [4.69, 9.17) is 10.9 Å². The fourth-order valence-corrected chi connectivity index (χ4v) is 1.66. The molecule has 0 aliphatic rings. The highest BCUT2D eigenvalue weighted by Gasteiger charge is 2.03. The average Bonchev–Trinajstić information content (AvgIpc) is 2.93. The molecule has 0 unspecified atom stereocenters. The van der Waals surface area contributed by atoms with Crippen molar-refractivity contribution in [1.82, 2.24) is 15.1 Å². The molecule has 0 atom stereocenters. The number of hydrogen-bond donors (Lipinski definition) is 3. The van der Waals surface area contributed by atoms with Crippen LogP contribution in [0.3, 0.4) is 0 Å². The molecule has 94 valence electrons. The highest BCUT2D eigenvalue weighted by molar-refractivity contribution is 5.81. The van der Waals surface area contributed by atoms with Crippen molar-refractivity contribution < 1.29 is 5.21 Å². The molecule has 0 fully saturated rings. The third-order valence-corrected chi connectivity index (χ3v) is 2.49. The molecule has 0 bridgehead atoms. The number of oxime groups is 1. The summed E-state index contributed by atoms with van der Waals surface area (Å²) < 4.78 is 1.81. The Kier molecular flexibility index (Phi) is 3.93. The largest absolute Gasteiger partial charge is 0.409 e. The molecule has 0 saturated heterocycles. The van der Waals surface area contributed by atoms with Crippen LogP contribution < -0.4 is 11.1 Å². The van der Waals surface area contributed by atoms with Crippen LogP contribution in [-0.4, -0.2) is 27.4 Å². The summed E-state index contributed by atoms with van der Waals surface area (Å²) >= 11 is 0.